The molecule has 0 radical (unpaired) electrons. The van der Waals surface area contributed by atoms with Crippen LogP contribution in [0.4, 0.5) is 8.78 Å². The Bertz CT molecular complexity index is 940. The monoisotopic (exact) mass is 348 g/mol. The molecule has 0 spiro atoms. The van der Waals surface area contributed by atoms with Crippen LogP contribution < -0.4 is 0 Å². The lowest BCUT2D eigenvalue weighted by Crippen LogP contribution is -2.03. The third-order valence-corrected chi connectivity index (χ3v) is 4.72. The zero-order chi connectivity index (χ0) is 18.1. The van der Waals surface area contributed by atoms with E-state index in [9.17, 15) is 8.78 Å². The number of hydrogen-bond donors (Lipinski definition) is 0. The van der Waals surface area contributed by atoms with Gasteiger partial charge in [0.05, 0.1) is 17.3 Å². The first-order valence-electron chi connectivity index (χ1n) is 8.66. The summed E-state index contributed by atoms with van der Waals surface area (Å²) in [6.45, 7) is 2.01. The minimum Gasteiger partial charge on any atom is -0.281 e. The lowest BCUT2D eigenvalue weighted by atomic mass is 10.0. The predicted molar refractivity (Wildman–Crippen MR) is 99.3 cm³/mol. The lowest BCUT2D eigenvalue weighted by Gasteiger charge is -2.08. The molecule has 0 N–H and O–H groups in total. The van der Waals surface area contributed by atoms with E-state index >= 15 is 0 Å². The van der Waals surface area contributed by atoms with Crippen molar-refractivity contribution < 1.29 is 8.78 Å². The van der Waals surface area contributed by atoms with Gasteiger partial charge < -0.3 is 0 Å². The first-order valence-corrected chi connectivity index (χ1v) is 8.66. The van der Waals surface area contributed by atoms with E-state index in [0.717, 1.165) is 28.8 Å². The van der Waals surface area contributed by atoms with E-state index in [1.807, 2.05) is 49.5 Å². The number of aliphatic imine (C=N–C) groups is 1. The van der Waals surface area contributed by atoms with Crippen molar-refractivity contribution in [1.29, 1.82) is 0 Å². The quantitative estimate of drug-likeness (QED) is 0.599. The number of rotatable bonds is 3. The normalized spacial score (nSPS) is 16.6. The second kappa shape index (κ2) is 6.79. The Labute approximate surface area is 151 Å². The molecule has 26 heavy (non-hydrogen) atoms. The number of halogens is 2. The Balaban J connectivity index is 1.59. The minimum absolute atomic E-state index is 0.00970. The van der Waals surface area contributed by atoms with Gasteiger partial charge >= 0.3 is 0 Å². The topological polar surface area (TPSA) is 25.2 Å². The van der Waals surface area contributed by atoms with Crippen molar-refractivity contribution in [3.63, 3.8) is 0 Å². The summed E-state index contributed by atoms with van der Waals surface area (Å²) in [5.41, 5.74) is 4.65. The Morgan fingerprint density at radius 1 is 0.923 bits per heavy atom. The number of nitrogens with zero attached hydrogens (tertiary/aromatic N) is 2. The van der Waals surface area contributed by atoms with Gasteiger partial charge in [0.1, 0.15) is 11.6 Å². The first-order chi connectivity index (χ1) is 12.6. The van der Waals surface area contributed by atoms with Crippen LogP contribution in [0, 0.1) is 18.6 Å². The minimum atomic E-state index is -0.551. The van der Waals surface area contributed by atoms with Gasteiger partial charge in [-0.2, -0.15) is 0 Å². The van der Waals surface area contributed by atoms with Gasteiger partial charge in [0.15, 0.2) is 0 Å². The maximum atomic E-state index is 14.0. The molecule has 1 aliphatic heterocycles. The average Bonchev–Trinajstić information content (AvgIpc) is 3.12. The molecule has 1 atom stereocenters. The highest BCUT2D eigenvalue weighted by Gasteiger charge is 2.24. The molecule has 4 heteroatoms. The number of benzene rings is 2. The molecule has 0 saturated heterocycles. The third kappa shape index (κ3) is 3.15. The molecule has 130 valence electrons. The van der Waals surface area contributed by atoms with Crippen LogP contribution in [0.3, 0.4) is 0 Å². The Kier molecular flexibility index (Phi) is 4.33. The fraction of sp³-hybridized carbons (Fsp3) is 0.182. The van der Waals surface area contributed by atoms with E-state index in [2.05, 4.69) is 9.98 Å². The van der Waals surface area contributed by atoms with Crippen LogP contribution in [0.15, 0.2) is 65.8 Å². The van der Waals surface area contributed by atoms with Crippen LogP contribution in [0.2, 0.25) is 0 Å². The summed E-state index contributed by atoms with van der Waals surface area (Å²) in [5, 5.41) is 0. The van der Waals surface area contributed by atoms with Crippen LogP contribution in [0.5, 0.6) is 0 Å². The van der Waals surface area contributed by atoms with Crippen LogP contribution in [-0.4, -0.2) is 10.7 Å². The van der Waals surface area contributed by atoms with E-state index in [1.165, 1.54) is 18.2 Å². The van der Waals surface area contributed by atoms with Crippen molar-refractivity contribution in [2.75, 3.05) is 0 Å². The van der Waals surface area contributed by atoms with E-state index in [-0.39, 0.29) is 11.6 Å². The molecule has 1 unspecified atom stereocenters. The van der Waals surface area contributed by atoms with Crippen LogP contribution in [-0.2, 0) is 0 Å². The maximum absolute atomic E-state index is 14.0. The highest BCUT2D eigenvalue weighted by atomic mass is 19.1. The zero-order valence-corrected chi connectivity index (χ0v) is 14.4. The molecule has 0 amide bonds. The first kappa shape index (κ1) is 16.6. The molecule has 0 fully saturated rings. The molecule has 2 aromatic carbocycles. The molecule has 3 aromatic rings. The summed E-state index contributed by atoms with van der Waals surface area (Å²) in [5.74, 6) is -1.10. The lowest BCUT2D eigenvalue weighted by molar-refractivity contribution is 0.578. The summed E-state index contributed by atoms with van der Waals surface area (Å²) in [6, 6.07) is 16.0. The fourth-order valence-electron chi connectivity index (χ4n) is 3.31. The second-order valence-corrected chi connectivity index (χ2v) is 6.57. The van der Waals surface area contributed by atoms with Gasteiger partial charge in [-0.1, -0.05) is 36.4 Å². The van der Waals surface area contributed by atoms with Crippen molar-refractivity contribution in [2.24, 2.45) is 4.99 Å². The van der Waals surface area contributed by atoms with Crippen LogP contribution in [0.1, 0.15) is 35.6 Å². The van der Waals surface area contributed by atoms with E-state index in [4.69, 9.17) is 0 Å². The Hall–Kier alpha value is -2.88. The molecular formula is C22H18F2N2. The summed E-state index contributed by atoms with van der Waals surface area (Å²) in [6.07, 6.45) is 3.18. The second-order valence-electron chi connectivity index (χ2n) is 6.57. The number of hydrogen-bond acceptors (Lipinski definition) is 2. The van der Waals surface area contributed by atoms with Crippen molar-refractivity contribution in [2.45, 2.75) is 25.8 Å². The summed E-state index contributed by atoms with van der Waals surface area (Å²) >= 11 is 0. The number of aryl methyl sites for hydroxylation is 1. The van der Waals surface area contributed by atoms with E-state index in [0.29, 0.717) is 12.1 Å². The van der Waals surface area contributed by atoms with Gasteiger partial charge in [0.25, 0.3) is 0 Å². The van der Waals surface area contributed by atoms with Crippen LogP contribution in [0.25, 0.3) is 11.3 Å². The molecule has 0 aliphatic carbocycles. The Morgan fingerprint density at radius 3 is 2.31 bits per heavy atom. The molecular weight excluding hydrogens is 330 g/mol. The maximum Gasteiger partial charge on any atom is 0.135 e. The summed E-state index contributed by atoms with van der Waals surface area (Å²) < 4.78 is 27.9. The SMILES string of the molecule is Cc1ccc(-c2ccc(C3CCC(c4c(F)cccc4F)=N3)cc2)nc1. The fourth-order valence-corrected chi connectivity index (χ4v) is 3.31. The number of pyridine rings is 1. The van der Waals surface area contributed by atoms with Gasteiger partial charge in [0.2, 0.25) is 0 Å². The van der Waals surface area contributed by atoms with Crippen molar-refractivity contribution in [3.8, 4) is 11.3 Å². The zero-order valence-electron chi connectivity index (χ0n) is 14.4. The van der Waals surface area contributed by atoms with Crippen molar-refractivity contribution >= 4 is 5.71 Å². The molecule has 2 nitrogen and oxygen atoms in total. The third-order valence-electron chi connectivity index (χ3n) is 4.72. The number of aromatic nitrogens is 1. The van der Waals surface area contributed by atoms with Crippen LogP contribution >= 0.6 is 0 Å². The Morgan fingerprint density at radius 2 is 1.65 bits per heavy atom. The molecule has 0 bridgehead atoms. The average molecular weight is 348 g/mol. The standard InChI is InChI=1S/C22H18F2N2/c1-14-5-10-19(25-13-14)15-6-8-16(9-7-15)20-11-12-21(26-20)22-17(23)3-2-4-18(22)24/h2-10,13,20H,11-12H2,1H3. The summed E-state index contributed by atoms with van der Waals surface area (Å²) in [7, 11) is 0. The molecule has 1 aliphatic rings. The van der Waals surface area contributed by atoms with E-state index < -0.39 is 11.6 Å². The highest BCUT2D eigenvalue weighted by molar-refractivity contribution is 6.02. The molecule has 4 rings (SSSR count). The highest BCUT2D eigenvalue weighted by Crippen LogP contribution is 2.33. The largest absolute Gasteiger partial charge is 0.281 e. The predicted octanol–water partition coefficient (Wildman–Crippen LogP) is 5.66. The van der Waals surface area contributed by atoms with Gasteiger partial charge in [-0.15, -0.1) is 0 Å². The van der Waals surface area contributed by atoms with Gasteiger partial charge in [-0.25, -0.2) is 8.78 Å². The van der Waals surface area contributed by atoms with Crippen molar-refractivity contribution in [3.05, 3.63) is 89.1 Å². The molecule has 2 heterocycles. The molecule has 1 aromatic heterocycles. The van der Waals surface area contributed by atoms with Gasteiger partial charge in [-0.3, -0.25) is 9.98 Å². The van der Waals surface area contributed by atoms with Crippen molar-refractivity contribution in [1.82, 2.24) is 4.98 Å². The van der Waals surface area contributed by atoms with Gasteiger partial charge in [0, 0.05) is 17.5 Å². The molecule has 0 saturated carbocycles. The van der Waals surface area contributed by atoms with Gasteiger partial charge in [-0.05, 0) is 49.1 Å². The summed E-state index contributed by atoms with van der Waals surface area (Å²) in [4.78, 5) is 9.02. The van der Waals surface area contributed by atoms with E-state index in [1.54, 1.807) is 0 Å². The smallest absolute Gasteiger partial charge is 0.135 e.